The van der Waals surface area contributed by atoms with E-state index in [4.69, 9.17) is 17.5 Å². The Labute approximate surface area is 142 Å². The Morgan fingerprint density at radius 1 is 1.39 bits per heavy atom. The highest BCUT2D eigenvalue weighted by molar-refractivity contribution is 7.80. The Morgan fingerprint density at radius 3 is 2.70 bits per heavy atom. The van der Waals surface area contributed by atoms with Crippen LogP contribution in [0.25, 0.3) is 5.70 Å². The van der Waals surface area contributed by atoms with Crippen molar-refractivity contribution in [3.8, 4) is 6.07 Å². The molecule has 0 aliphatic heterocycles. The summed E-state index contributed by atoms with van der Waals surface area (Å²) >= 11 is 5.62. The predicted molar refractivity (Wildman–Crippen MR) is 96.6 cm³/mol. The van der Waals surface area contributed by atoms with Gasteiger partial charge in [0.1, 0.15) is 4.99 Å². The van der Waals surface area contributed by atoms with Crippen molar-refractivity contribution < 1.29 is 0 Å². The third-order valence-corrected chi connectivity index (χ3v) is 3.86. The fourth-order valence-electron chi connectivity index (χ4n) is 2.35. The lowest BCUT2D eigenvalue weighted by molar-refractivity contribution is 0.517. The number of hydrogen-bond donors (Lipinski definition) is 0. The van der Waals surface area contributed by atoms with Crippen molar-refractivity contribution in [3.05, 3.63) is 60.2 Å². The fourth-order valence-corrected chi connectivity index (χ4v) is 2.62. The first-order chi connectivity index (χ1) is 11.0. The third-order valence-electron chi connectivity index (χ3n) is 3.41. The zero-order valence-corrected chi connectivity index (χ0v) is 14.4. The summed E-state index contributed by atoms with van der Waals surface area (Å²) in [6.07, 6.45) is 5.21. The van der Waals surface area contributed by atoms with Crippen molar-refractivity contribution >= 4 is 22.9 Å². The smallest absolute Gasteiger partial charge is 0.168 e. The minimum absolute atomic E-state index is 0.499. The SMILES string of the molecule is CC(C)Cn1ccnc1C(=S)N(C)/C(=C\C#N)c1ccccc1. The summed E-state index contributed by atoms with van der Waals surface area (Å²) in [5, 5.41) is 9.12. The van der Waals surface area contributed by atoms with E-state index in [1.807, 2.05) is 48.5 Å². The molecule has 0 unspecified atom stereocenters. The summed E-state index contributed by atoms with van der Waals surface area (Å²) in [4.78, 5) is 6.83. The van der Waals surface area contributed by atoms with E-state index < -0.39 is 0 Å². The largest absolute Gasteiger partial charge is 0.332 e. The molecular formula is C18H20N4S. The van der Waals surface area contributed by atoms with E-state index in [2.05, 4.69) is 29.5 Å². The molecule has 0 amide bonds. The molecule has 2 aromatic rings. The van der Waals surface area contributed by atoms with Gasteiger partial charge in [-0.1, -0.05) is 56.4 Å². The molecule has 1 aromatic carbocycles. The van der Waals surface area contributed by atoms with Crippen LogP contribution in [0.2, 0.25) is 0 Å². The van der Waals surface area contributed by atoms with Crippen LogP contribution in [-0.4, -0.2) is 26.5 Å². The van der Waals surface area contributed by atoms with Crippen LogP contribution in [0.5, 0.6) is 0 Å². The van der Waals surface area contributed by atoms with Crippen LogP contribution in [0.3, 0.4) is 0 Å². The molecule has 0 spiro atoms. The lowest BCUT2D eigenvalue weighted by atomic mass is 10.1. The summed E-state index contributed by atoms with van der Waals surface area (Å²) in [7, 11) is 1.87. The summed E-state index contributed by atoms with van der Waals surface area (Å²) < 4.78 is 2.05. The molecule has 0 aliphatic carbocycles. The third kappa shape index (κ3) is 4.05. The fraction of sp³-hybridized carbons (Fsp3) is 0.278. The van der Waals surface area contributed by atoms with Gasteiger partial charge in [-0.3, -0.25) is 0 Å². The van der Waals surface area contributed by atoms with Crippen molar-refractivity contribution in [2.24, 2.45) is 5.92 Å². The van der Waals surface area contributed by atoms with Crippen LogP contribution >= 0.6 is 12.2 Å². The number of benzene rings is 1. The predicted octanol–water partition coefficient (Wildman–Crippen LogP) is 3.71. The van der Waals surface area contributed by atoms with E-state index in [-0.39, 0.29) is 0 Å². The molecule has 2 rings (SSSR count). The van der Waals surface area contributed by atoms with E-state index in [1.54, 1.807) is 6.20 Å². The van der Waals surface area contributed by atoms with Crippen LogP contribution in [0.4, 0.5) is 0 Å². The number of aromatic nitrogens is 2. The van der Waals surface area contributed by atoms with Crippen molar-refractivity contribution in [1.82, 2.24) is 14.5 Å². The van der Waals surface area contributed by atoms with Crippen LogP contribution < -0.4 is 0 Å². The molecule has 0 saturated heterocycles. The van der Waals surface area contributed by atoms with Gasteiger partial charge in [-0.25, -0.2) is 4.98 Å². The Balaban J connectivity index is 2.33. The van der Waals surface area contributed by atoms with Crippen molar-refractivity contribution in [2.45, 2.75) is 20.4 Å². The van der Waals surface area contributed by atoms with Crippen LogP contribution in [0.1, 0.15) is 25.2 Å². The lowest BCUT2D eigenvalue weighted by Gasteiger charge is -2.23. The topological polar surface area (TPSA) is 44.9 Å². The minimum atomic E-state index is 0.499. The zero-order chi connectivity index (χ0) is 16.8. The first-order valence-corrected chi connectivity index (χ1v) is 7.89. The van der Waals surface area contributed by atoms with E-state index in [0.29, 0.717) is 10.9 Å². The molecular weight excluding hydrogens is 304 g/mol. The second kappa shape index (κ2) is 7.70. The van der Waals surface area contributed by atoms with Gasteiger partial charge >= 0.3 is 0 Å². The summed E-state index contributed by atoms with van der Waals surface area (Å²) in [6, 6.07) is 11.9. The quantitative estimate of drug-likeness (QED) is 0.621. The first kappa shape index (κ1) is 16.9. The monoisotopic (exact) mass is 324 g/mol. The van der Waals surface area contributed by atoms with Gasteiger partial charge in [-0.15, -0.1) is 0 Å². The average molecular weight is 324 g/mol. The average Bonchev–Trinajstić information content (AvgIpc) is 2.99. The number of thiocarbonyl (C=S) groups is 1. The molecule has 0 radical (unpaired) electrons. The van der Waals surface area contributed by atoms with Gasteiger partial charge in [0.2, 0.25) is 0 Å². The van der Waals surface area contributed by atoms with Crippen molar-refractivity contribution in [2.75, 3.05) is 7.05 Å². The molecule has 5 heteroatoms. The molecule has 0 fully saturated rings. The molecule has 0 aliphatic rings. The first-order valence-electron chi connectivity index (χ1n) is 7.49. The highest BCUT2D eigenvalue weighted by atomic mass is 32.1. The van der Waals surface area contributed by atoms with Gasteiger partial charge in [0.05, 0.1) is 11.8 Å². The van der Waals surface area contributed by atoms with Gasteiger partial charge in [-0.05, 0) is 11.5 Å². The van der Waals surface area contributed by atoms with Crippen LogP contribution in [0.15, 0.2) is 48.8 Å². The number of nitrogens with zero attached hydrogens (tertiary/aromatic N) is 4. The summed E-state index contributed by atoms with van der Waals surface area (Å²) in [6.45, 7) is 5.16. The maximum Gasteiger partial charge on any atom is 0.168 e. The maximum absolute atomic E-state index is 9.12. The van der Waals surface area contributed by atoms with Gasteiger partial charge in [-0.2, -0.15) is 5.26 Å². The Morgan fingerprint density at radius 2 is 2.09 bits per heavy atom. The van der Waals surface area contributed by atoms with Crippen molar-refractivity contribution in [1.29, 1.82) is 5.26 Å². The van der Waals surface area contributed by atoms with E-state index >= 15 is 0 Å². The van der Waals surface area contributed by atoms with Crippen molar-refractivity contribution in [3.63, 3.8) is 0 Å². The number of hydrogen-bond acceptors (Lipinski definition) is 3. The highest BCUT2D eigenvalue weighted by Crippen LogP contribution is 2.20. The molecule has 0 atom stereocenters. The minimum Gasteiger partial charge on any atom is -0.332 e. The Bertz CT molecular complexity index is 738. The lowest BCUT2D eigenvalue weighted by Crippen LogP contribution is -2.27. The van der Waals surface area contributed by atoms with E-state index in [1.165, 1.54) is 6.08 Å². The second-order valence-corrected chi connectivity index (χ2v) is 6.07. The molecule has 0 saturated carbocycles. The Kier molecular flexibility index (Phi) is 5.67. The summed E-state index contributed by atoms with van der Waals surface area (Å²) in [5.41, 5.74) is 1.71. The molecule has 4 nitrogen and oxygen atoms in total. The molecule has 1 aromatic heterocycles. The number of nitriles is 1. The highest BCUT2D eigenvalue weighted by Gasteiger charge is 2.18. The van der Waals surface area contributed by atoms with Gasteiger partial charge in [0.15, 0.2) is 5.82 Å². The standard InChI is InChI=1S/C18H20N4S/c1-14(2)13-22-12-11-20-17(22)18(23)21(3)16(9-10-19)15-7-5-4-6-8-15/h4-9,11-12,14H,13H2,1-3H3/b16-9-. The Hall–Kier alpha value is -2.45. The van der Waals surface area contributed by atoms with Gasteiger partial charge in [0, 0.05) is 32.1 Å². The maximum atomic E-state index is 9.12. The van der Waals surface area contributed by atoms with E-state index in [9.17, 15) is 0 Å². The van der Waals surface area contributed by atoms with Gasteiger partial charge < -0.3 is 9.47 Å². The number of rotatable bonds is 5. The van der Waals surface area contributed by atoms with E-state index in [0.717, 1.165) is 23.6 Å². The molecule has 118 valence electrons. The second-order valence-electron chi connectivity index (χ2n) is 5.69. The van der Waals surface area contributed by atoms with Crippen LogP contribution in [0, 0.1) is 17.2 Å². The summed E-state index contributed by atoms with van der Waals surface area (Å²) in [5.74, 6) is 1.25. The number of imidazole rings is 1. The molecule has 23 heavy (non-hydrogen) atoms. The molecule has 0 bridgehead atoms. The number of allylic oxidation sites excluding steroid dienone is 1. The zero-order valence-electron chi connectivity index (χ0n) is 13.6. The molecule has 1 heterocycles. The van der Waals surface area contributed by atoms with Gasteiger partial charge in [0.25, 0.3) is 0 Å². The normalized spacial score (nSPS) is 11.3. The molecule has 0 N–H and O–H groups in total. The van der Waals surface area contributed by atoms with Crippen LogP contribution in [-0.2, 0) is 6.54 Å².